The minimum absolute atomic E-state index is 0.0304. The van der Waals surface area contributed by atoms with Crippen LogP contribution >= 0.6 is 0 Å². The van der Waals surface area contributed by atoms with Gasteiger partial charge in [-0.25, -0.2) is 0 Å². The van der Waals surface area contributed by atoms with Gasteiger partial charge in [-0.2, -0.15) is 0 Å². The molecule has 0 aliphatic carbocycles. The molecular formula is C12H18N2O3. The Morgan fingerprint density at radius 1 is 1.29 bits per heavy atom. The molecular weight excluding hydrogens is 220 g/mol. The lowest BCUT2D eigenvalue weighted by atomic mass is 10.1. The van der Waals surface area contributed by atoms with E-state index in [4.69, 9.17) is 4.74 Å². The Balaban J connectivity index is 2.98. The molecule has 0 heterocycles. The molecule has 0 saturated carbocycles. The molecule has 0 fully saturated rings. The number of rotatable bonds is 5. The Hall–Kier alpha value is -1.78. The average Bonchev–Trinajstić information content (AvgIpc) is 2.28. The number of non-ortho nitro benzene ring substituents is 1. The third-order valence-electron chi connectivity index (χ3n) is 2.73. The summed E-state index contributed by atoms with van der Waals surface area (Å²) in [5.41, 5.74) is 0.736. The molecule has 0 spiro atoms. The van der Waals surface area contributed by atoms with Crippen LogP contribution in [0, 0.1) is 16.0 Å². The summed E-state index contributed by atoms with van der Waals surface area (Å²) in [6.45, 7) is 6.22. The van der Waals surface area contributed by atoms with Gasteiger partial charge in [-0.3, -0.25) is 10.1 Å². The first-order valence-electron chi connectivity index (χ1n) is 5.54. The molecule has 0 amide bonds. The lowest BCUT2D eigenvalue weighted by molar-refractivity contribution is -0.384. The molecule has 94 valence electrons. The van der Waals surface area contributed by atoms with E-state index in [0.717, 1.165) is 0 Å². The predicted octanol–water partition coefficient (Wildman–Crippen LogP) is 3.06. The summed E-state index contributed by atoms with van der Waals surface area (Å²) in [5, 5.41) is 14.0. The van der Waals surface area contributed by atoms with Crippen LogP contribution in [-0.2, 0) is 0 Å². The zero-order valence-corrected chi connectivity index (χ0v) is 10.6. The summed E-state index contributed by atoms with van der Waals surface area (Å²) in [5.74, 6) is 0.929. The van der Waals surface area contributed by atoms with Crippen LogP contribution in [0.2, 0.25) is 0 Å². The topological polar surface area (TPSA) is 64.4 Å². The van der Waals surface area contributed by atoms with Crippen LogP contribution < -0.4 is 10.1 Å². The molecule has 0 radical (unpaired) electrons. The molecule has 1 atom stereocenters. The number of hydrogen-bond donors (Lipinski definition) is 1. The highest BCUT2D eigenvalue weighted by Gasteiger charge is 2.12. The summed E-state index contributed by atoms with van der Waals surface area (Å²) in [6.07, 6.45) is 0. The third kappa shape index (κ3) is 3.62. The SMILES string of the molecule is COc1cc(NC(C)C(C)C)cc([N+](=O)[O-])c1. The molecule has 5 heteroatoms. The van der Waals surface area contributed by atoms with Crippen molar-refractivity contribution in [3.05, 3.63) is 28.3 Å². The maximum atomic E-state index is 10.8. The van der Waals surface area contributed by atoms with Crippen molar-refractivity contribution in [2.24, 2.45) is 5.92 Å². The highest BCUT2D eigenvalue weighted by molar-refractivity contribution is 5.56. The number of nitro benzene ring substituents is 1. The van der Waals surface area contributed by atoms with Crippen molar-refractivity contribution in [2.75, 3.05) is 12.4 Å². The molecule has 0 aliphatic rings. The van der Waals surface area contributed by atoms with Crippen LogP contribution in [-0.4, -0.2) is 18.1 Å². The van der Waals surface area contributed by atoms with Crippen molar-refractivity contribution in [3.8, 4) is 5.75 Å². The maximum absolute atomic E-state index is 10.8. The number of nitrogens with zero attached hydrogens (tertiary/aromatic N) is 1. The van der Waals surface area contributed by atoms with E-state index in [2.05, 4.69) is 19.2 Å². The Labute approximate surface area is 101 Å². The summed E-state index contributed by atoms with van der Waals surface area (Å²) >= 11 is 0. The van der Waals surface area contributed by atoms with Crippen LogP contribution in [0.5, 0.6) is 5.75 Å². The molecule has 0 aromatic heterocycles. The lowest BCUT2D eigenvalue weighted by Gasteiger charge is -2.19. The van der Waals surface area contributed by atoms with Gasteiger partial charge in [0.05, 0.1) is 18.1 Å². The average molecular weight is 238 g/mol. The number of anilines is 1. The van der Waals surface area contributed by atoms with Crippen molar-refractivity contribution in [1.82, 2.24) is 0 Å². The molecule has 5 nitrogen and oxygen atoms in total. The number of ether oxygens (including phenoxy) is 1. The molecule has 1 aromatic rings. The molecule has 0 aliphatic heterocycles. The number of nitrogens with one attached hydrogen (secondary N) is 1. The van der Waals surface area contributed by atoms with Crippen molar-refractivity contribution >= 4 is 11.4 Å². The zero-order chi connectivity index (χ0) is 13.0. The van der Waals surface area contributed by atoms with Gasteiger partial charge in [-0.05, 0) is 12.8 Å². The zero-order valence-electron chi connectivity index (χ0n) is 10.6. The minimum Gasteiger partial charge on any atom is -0.496 e. The smallest absolute Gasteiger partial charge is 0.275 e. The van der Waals surface area contributed by atoms with E-state index in [1.807, 2.05) is 6.92 Å². The Kier molecular flexibility index (Phi) is 4.31. The second-order valence-electron chi connectivity index (χ2n) is 4.35. The van der Waals surface area contributed by atoms with Crippen molar-refractivity contribution in [2.45, 2.75) is 26.8 Å². The number of benzene rings is 1. The largest absolute Gasteiger partial charge is 0.496 e. The van der Waals surface area contributed by atoms with Crippen molar-refractivity contribution < 1.29 is 9.66 Å². The van der Waals surface area contributed by atoms with E-state index >= 15 is 0 Å². The van der Waals surface area contributed by atoms with Crippen LogP contribution in [0.15, 0.2) is 18.2 Å². The van der Waals surface area contributed by atoms with Gasteiger partial charge in [-0.1, -0.05) is 13.8 Å². The molecule has 1 unspecified atom stereocenters. The molecule has 1 rings (SSSR count). The van der Waals surface area contributed by atoms with Gasteiger partial charge < -0.3 is 10.1 Å². The molecule has 0 bridgehead atoms. The highest BCUT2D eigenvalue weighted by atomic mass is 16.6. The van der Waals surface area contributed by atoms with E-state index in [-0.39, 0.29) is 11.7 Å². The van der Waals surface area contributed by atoms with Gasteiger partial charge in [0.25, 0.3) is 5.69 Å². The summed E-state index contributed by atoms with van der Waals surface area (Å²) in [6, 6.07) is 4.92. The predicted molar refractivity (Wildman–Crippen MR) is 67.6 cm³/mol. The fourth-order valence-corrected chi connectivity index (χ4v) is 1.32. The van der Waals surface area contributed by atoms with Crippen LogP contribution in [0.4, 0.5) is 11.4 Å². The van der Waals surface area contributed by atoms with Crippen molar-refractivity contribution in [1.29, 1.82) is 0 Å². The lowest BCUT2D eigenvalue weighted by Crippen LogP contribution is -2.21. The summed E-state index contributed by atoms with van der Waals surface area (Å²) in [7, 11) is 1.49. The number of hydrogen-bond acceptors (Lipinski definition) is 4. The number of methoxy groups -OCH3 is 1. The highest BCUT2D eigenvalue weighted by Crippen LogP contribution is 2.26. The van der Waals surface area contributed by atoms with Crippen LogP contribution in [0.1, 0.15) is 20.8 Å². The van der Waals surface area contributed by atoms with E-state index in [9.17, 15) is 10.1 Å². The second kappa shape index (κ2) is 5.52. The van der Waals surface area contributed by atoms with Gasteiger partial charge in [0.15, 0.2) is 0 Å². The summed E-state index contributed by atoms with van der Waals surface area (Å²) in [4.78, 5) is 10.3. The third-order valence-corrected chi connectivity index (χ3v) is 2.73. The first kappa shape index (κ1) is 13.3. The molecule has 17 heavy (non-hydrogen) atoms. The normalized spacial score (nSPS) is 12.3. The van der Waals surface area contributed by atoms with Crippen molar-refractivity contribution in [3.63, 3.8) is 0 Å². The Morgan fingerprint density at radius 2 is 1.94 bits per heavy atom. The number of nitro groups is 1. The molecule has 0 saturated heterocycles. The van der Waals surface area contributed by atoms with Crippen LogP contribution in [0.3, 0.4) is 0 Å². The fourth-order valence-electron chi connectivity index (χ4n) is 1.32. The van der Waals surface area contributed by atoms with Gasteiger partial charge in [0, 0.05) is 23.9 Å². The van der Waals surface area contributed by atoms with Gasteiger partial charge in [-0.15, -0.1) is 0 Å². The first-order chi connectivity index (χ1) is 7.93. The van der Waals surface area contributed by atoms with Gasteiger partial charge in [0.2, 0.25) is 0 Å². The standard InChI is InChI=1S/C12H18N2O3/c1-8(2)9(3)13-10-5-11(14(15)16)7-12(6-10)17-4/h5-9,13H,1-4H3. The second-order valence-corrected chi connectivity index (χ2v) is 4.35. The monoisotopic (exact) mass is 238 g/mol. The minimum atomic E-state index is -0.423. The van der Waals surface area contributed by atoms with Crippen LogP contribution in [0.25, 0.3) is 0 Å². The van der Waals surface area contributed by atoms with Gasteiger partial charge >= 0.3 is 0 Å². The first-order valence-corrected chi connectivity index (χ1v) is 5.54. The quantitative estimate of drug-likeness (QED) is 0.632. The fraction of sp³-hybridized carbons (Fsp3) is 0.500. The maximum Gasteiger partial charge on any atom is 0.275 e. The van der Waals surface area contributed by atoms with E-state index in [1.165, 1.54) is 19.2 Å². The summed E-state index contributed by atoms with van der Waals surface area (Å²) < 4.78 is 5.04. The Morgan fingerprint density at radius 3 is 2.41 bits per heavy atom. The van der Waals surface area contributed by atoms with Gasteiger partial charge in [0.1, 0.15) is 5.75 Å². The van der Waals surface area contributed by atoms with E-state index in [1.54, 1.807) is 6.07 Å². The molecule has 1 N–H and O–H groups in total. The molecule has 1 aromatic carbocycles. The Bertz CT molecular complexity index is 405. The van der Waals surface area contributed by atoms with E-state index < -0.39 is 4.92 Å². The van der Waals surface area contributed by atoms with E-state index in [0.29, 0.717) is 17.4 Å².